The van der Waals surface area contributed by atoms with Gasteiger partial charge in [0.2, 0.25) is 17.7 Å². The van der Waals surface area contributed by atoms with E-state index in [9.17, 15) is 24.0 Å². The predicted molar refractivity (Wildman–Crippen MR) is 112 cm³/mol. The number of nitrogens with one attached hydrogen (secondary N) is 3. The number of carboxylic acid groups (broad SMARTS) is 2. The Bertz CT molecular complexity index is 617. The molecule has 0 aromatic rings. The van der Waals surface area contributed by atoms with Crippen LogP contribution in [0.4, 0.5) is 0 Å². The van der Waals surface area contributed by atoms with Gasteiger partial charge in [0.1, 0.15) is 18.6 Å². The maximum Gasteiger partial charge on any atom is 0.322 e. The van der Waals surface area contributed by atoms with E-state index in [1.54, 1.807) is 13.8 Å². The number of carbonyl (C=O) groups excluding carboxylic acids is 3. The van der Waals surface area contributed by atoms with Crippen LogP contribution < -0.4 is 21.7 Å². The Hall–Kier alpha value is -2.34. The van der Waals surface area contributed by atoms with E-state index in [0.29, 0.717) is 18.6 Å². The fourth-order valence-electron chi connectivity index (χ4n) is 2.42. The Morgan fingerprint density at radius 3 is 2.10 bits per heavy atom. The molecule has 0 bridgehead atoms. The van der Waals surface area contributed by atoms with Crippen molar-refractivity contribution in [1.29, 1.82) is 0 Å². The van der Waals surface area contributed by atoms with Crippen molar-refractivity contribution in [3.8, 4) is 0 Å². The number of nitrogens with two attached hydrogens (primary N) is 1. The van der Waals surface area contributed by atoms with Crippen LogP contribution >= 0.6 is 11.8 Å². The van der Waals surface area contributed by atoms with Crippen LogP contribution in [0.2, 0.25) is 0 Å². The molecular formula is C18H32N4O7S. The molecule has 0 saturated carbocycles. The summed E-state index contributed by atoms with van der Waals surface area (Å²) in [6.07, 6.45) is 2.19. The van der Waals surface area contributed by atoms with Crippen molar-refractivity contribution in [2.45, 2.75) is 57.7 Å². The monoisotopic (exact) mass is 448 g/mol. The molecule has 0 aliphatic rings. The quantitative estimate of drug-likeness (QED) is 0.185. The van der Waals surface area contributed by atoms with Gasteiger partial charge < -0.3 is 31.9 Å². The molecule has 0 radical (unpaired) electrons. The Morgan fingerprint density at radius 2 is 1.60 bits per heavy atom. The second-order valence-corrected chi connectivity index (χ2v) is 7.85. The van der Waals surface area contributed by atoms with Crippen LogP contribution in [0.1, 0.15) is 39.5 Å². The van der Waals surface area contributed by atoms with Crippen molar-refractivity contribution in [1.82, 2.24) is 16.0 Å². The smallest absolute Gasteiger partial charge is 0.322 e. The third kappa shape index (κ3) is 11.0. The van der Waals surface area contributed by atoms with E-state index in [1.165, 1.54) is 11.8 Å². The van der Waals surface area contributed by atoms with Crippen molar-refractivity contribution >= 4 is 41.4 Å². The Kier molecular flexibility index (Phi) is 13.5. The molecule has 0 saturated heterocycles. The normalized spacial score (nSPS) is 14.7. The minimum atomic E-state index is -1.23. The van der Waals surface area contributed by atoms with E-state index in [0.717, 1.165) is 0 Å². The molecule has 0 aromatic heterocycles. The number of carboxylic acids is 2. The lowest BCUT2D eigenvalue weighted by Crippen LogP contribution is -2.57. The Morgan fingerprint density at radius 1 is 0.967 bits per heavy atom. The predicted octanol–water partition coefficient (Wildman–Crippen LogP) is -0.852. The van der Waals surface area contributed by atoms with Gasteiger partial charge in [-0.05, 0) is 30.8 Å². The summed E-state index contributed by atoms with van der Waals surface area (Å²) >= 11 is 1.51. The number of thioether (sulfide) groups is 1. The van der Waals surface area contributed by atoms with E-state index in [1.807, 2.05) is 6.26 Å². The molecule has 30 heavy (non-hydrogen) atoms. The first-order chi connectivity index (χ1) is 14.0. The molecule has 0 aromatic carbocycles. The van der Waals surface area contributed by atoms with Crippen LogP contribution in [0.3, 0.4) is 0 Å². The van der Waals surface area contributed by atoms with Gasteiger partial charge >= 0.3 is 11.9 Å². The van der Waals surface area contributed by atoms with E-state index in [2.05, 4.69) is 16.0 Å². The zero-order chi connectivity index (χ0) is 23.3. The van der Waals surface area contributed by atoms with Gasteiger partial charge in [-0.3, -0.25) is 24.0 Å². The Labute approximate surface area is 179 Å². The molecule has 0 fully saturated rings. The molecule has 0 aliphatic carbocycles. The third-order valence-corrected chi connectivity index (χ3v) is 5.10. The molecule has 3 amide bonds. The highest BCUT2D eigenvalue weighted by atomic mass is 32.2. The van der Waals surface area contributed by atoms with Crippen molar-refractivity contribution in [3.05, 3.63) is 0 Å². The van der Waals surface area contributed by atoms with Crippen LogP contribution in [-0.4, -0.2) is 76.6 Å². The molecule has 12 heteroatoms. The van der Waals surface area contributed by atoms with E-state index >= 15 is 0 Å². The highest BCUT2D eigenvalue weighted by Crippen LogP contribution is 2.10. The van der Waals surface area contributed by atoms with Crippen molar-refractivity contribution < 1.29 is 34.2 Å². The molecule has 0 heterocycles. The third-order valence-electron chi connectivity index (χ3n) is 4.46. The summed E-state index contributed by atoms with van der Waals surface area (Å²) in [6, 6.07) is -3.11. The van der Waals surface area contributed by atoms with Gasteiger partial charge in [-0.15, -0.1) is 0 Å². The molecule has 7 N–H and O–H groups in total. The SMILES string of the molecule is CCC(C)C(NC(=O)C(CCC(=O)O)NC(=O)C(N)CCSC)C(=O)NCC(=O)O. The summed E-state index contributed by atoms with van der Waals surface area (Å²) in [6.45, 7) is 2.89. The molecule has 11 nitrogen and oxygen atoms in total. The Balaban J connectivity index is 5.31. The highest BCUT2D eigenvalue weighted by Gasteiger charge is 2.31. The summed E-state index contributed by atoms with van der Waals surface area (Å²) in [5.41, 5.74) is 5.80. The largest absolute Gasteiger partial charge is 0.481 e. The molecule has 4 atom stereocenters. The lowest BCUT2D eigenvalue weighted by atomic mass is 9.97. The fraction of sp³-hybridized carbons (Fsp3) is 0.722. The van der Waals surface area contributed by atoms with Crippen molar-refractivity contribution in [2.24, 2.45) is 11.7 Å². The molecule has 172 valence electrons. The number of hydrogen-bond donors (Lipinski definition) is 6. The van der Waals surface area contributed by atoms with Crippen LogP contribution in [0, 0.1) is 5.92 Å². The van der Waals surface area contributed by atoms with Crippen LogP contribution in [0.25, 0.3) is 0 Å². The molecule has 4 unspecified atom stereocenters. The minimum absolute atomic E-state index is 0.188. The fourth-order valence-corrected chi connectivity index (χ4v) is 2.91. The minimum Gasteiger partial charge on any atom is -0.481 e. The second-order valence-electron chi connectivity index (χ2n) is 6.86. The van der Waals surface area contributed by atoms with Gasteiger partial charge in [0.15, 0.2) is 0 Å². The van der Waals surface area contributed by atoms with Gasteiger partial charge in [0, 0.05) is 6.42 Å². The topological polar surface area (TPSA) is 188 Å². The lowest BCUT2D eigenvalue weighted by Gasteiger charge is -2.26. The average molecular weight is 449 g/mol. The maximum absolute atomic E-state index is 12.7. The lowest BCUT2D eigenvalue weighted by molar-refractivity contribution is -0.139. The van der Waals surface area contributed by atoms with Gasteiger partial charge in [-0.2, -0.15) is 11.8 Å². The van der Waals surface area contributed by atoms with Crippen molar-refractivity contribution in [3.63, 3.8) is 0 Å². The average Bonchev–Trinajstić information content (AvgIpc) is 2.69. The van der Waals surface area contributed by atoms with Crippen LogP contribution in [-0.2, 0) is 24.0 Å². The standard InChI is InChI=1S/C18H32N4O7S/c1-4-10(2)15(18(29)20-9-14(25)26)22-17(28)12(5-6-13(23)24)21-16(27)11(19)7-8-30-3/h10-12,15H,4-9,19H2,1-3H3,(H,20,29)(H,21,27)(H,22,28)(H,23,24)(H,25,26). The summed E-state index contributed by atoms with van der Waals surface area (Å²) in [5.74, 6) is -4.08. The summed E-state index contributed by atoms with van der Waals surface area (Å²) in [7, 11) is 0. The number of rotatable bonds is 15. The first-order valence-electron chi connectivity index (χ1n) is 9.59. The van der Waals surface area contributed by atoms with Crippen molar-refractivity contribution in [2.75, 3.05) is 18.6 Å². The number of carbonyl (C=O) groups is 5. The zero-order valence-corrected chi connectivity index (χ0v) is 18.3. The number of hydrogen-bond acceptors (Lipinski definition) is 7. The highest BCUT2D eigenvalue weighted by molar-refractivity contribution is 7.98. The first-order valence-corrected chi connectivity index (χ1v) is 11.0. The van der Waals surface area contributed by atoms with Gasteiger partial charge in [-0.25, -0.2) is 0 Å². The van der Waals surface area contributed by atoms with Gasteiger partial charge in [0.05, 0.1) is 6.04 Å². The zero-order valence-electron chi connectivity index (χ0n) is 17.5. The second kappa shape index (κ2) is 14.6. The summed E-state index contributed by atoms with van der Waals surface area (Å²) in [4.78, 5) is 59.0. The summed E-state index contributed by atoms with van der Waals surface area (Å²) in [5, 5.41) is 24.8. The maximum atomic E-state index is 12.7. The molecular weight excluding hydrogens is 416 g/mol. The molecule has 0 spiro atoms. The molecule has 0 rings (SSSR count). The first kappa shape index (κ1) is 27.7. The van der Waals surface area contributed by atoms with Crippen LogP contribution in [0.15, 0.2) is 0 Å². The van der Waals surface area contributed by atoms with E-state index in [-0.39, 0.29) is 18.8 Å². The van der Waals surface area contributed by atoms with Gasteiger partial charge in [-0.1, -0.05) is 20.3 Å². The van der Waals surface area contributed by atoms with E-state index < -0.39 is 54.3 Å². The number of amides is 3. The molecule has 0 aliphatic heterocycles. The number of aliphatic carboxylic acids is 2. The van der Waals surface area contributed by atoms with Gasteiger partial charge in [0.25, 0.3) is 0 Å². The van der Waals surface area contributed by atoms with Crippen LogP contribution in [0.5, 0.6) is 0 Å². The summed E-state index contributed by atoms with van der Waals surface area (Å²) < 4.78 is 0. The van der Waals surface area contributed by atoms with E-state index in [4.69, 9.17) is 15.9 Å².